The fraction of sp³-hybridized carbons (Fsp3) is 0.611. The Labute approximate surface area is 141 Å². The van der Waals surface area contributed by atoms with E-state index in [2.05, 4.69) is 5.32 Å². The summed E-state index contributed by atoms with van der Waals surface area (Å²) in [5.41, 5.74) is -1.70. The minimum atomic E-state index is -1.64. The van der Waals surface area contributed by atoms with Crippen LogP contribution in [0.15, 0.2) is 18.2 Å². The van der Waals surface area contributed by atoms with Gasteiger partial charge < -0.3 is 15.2 Å². The molecule has 0 bridgehead atoms. The van der Waals surface area contributed by atoms with E-state index in [0.29, 0.717) is 12.5 Å². The molecule has 1 aromatic rings. The number of rotatable bonds is 7. The van der Waals surface area contributed by atoms with Crippen LogP contribution >= 0.6 is 0 Å². The number of carbonyl (C=O) groups excluding carboxylic acids is 1. The number of benzene rings is 1. The van der Waals surface area contributed by atoms with Gasteiger partial charge in [0.05, 0.1) is 12.6 Å². The van der Waals surface area contributed by atoms with Gasteiger partial charge in [-0.2, -0.15) is 0 Å². The molecule has 1 amide bonds. The average Bonchev–Trinajstić information content (AvgIpc) is 3.03. The van der Waals surface area contributed by atoms with Gasteiger partial charge in [-0.3, -0.25) is 4.79 Å². The first-order valence-corrected chi connectivity index (χ1v) is 8.44. The van der Waals surface area contributed by atoms with Crippen molar-refractivity contribution >= 4 is 5.91 Å². The standard InChI is InChI=1S/C18H25F2NO3/c1-3-16(24-13-6-4-5-7-13)17(22)21-11-18(2,23)14-9-8-12(19)10-15(14)20/h8-10,13,16,23H,3-7,11H2,1-2H3,(H,21,22). The monoisotopic (exact) mass is 341 g/mol. The SMILES string of the molecule is CCC(OC1CCCC1)C(=O)NCC(C)(O)c1ccc(F)cc1F. The number of hydrogen-bond donors (Lipinski definition) is 2. The summed E-state index contributed by atoms with van der Waals surface area (Å²) in [6, 6.07) is 2.97. The van der Waals surface area contributed by atoms with E-state index in [9.17, 15) is 18.7 Å². The molecule has 0 aromatic heterocycles. The van der Waals surface area contributed by atoms with Crippen molar-refractivity contribution in [3.8, 4) is 0 Å². The van der Waals surface area contributed by atoms with Crippen molar-refractivity contribution in [2.45, 2.75) is 63.8 Å². The van der Waals surface area contributed by atoms with Crippen LogP contribution in [-0.4, -0.2) is 29.8 Å². The molecule has 134 valence electrons. The lowest BCUT2D eigenvalue weighted by molar-refractivity contribution is -0.138. The molecule has 2 rings (SSSR count). The third kappa shape index (κ3) is 4.74. The van der Waals surface area contributed by atoms with E-state index in [1.54, 1.807) is 0 Å². The predicted molar refractivity (Wildman–Crippen MR) is 86.4 cm³/mol. The highest BCUT2D eigenvalue weighted by atomic mass is 19.1. The van der Waals surface area contributed by atoms with E-state index >= 15 is 0 Å². The zero-order valence-electron chi connectivity index (χ0n) is 14.1. The van der Waals surface area contributed by atoms with Crippen molar-refractivity contribution in [2.75, 3.05) is 6.54 Å². The van der Waals surface area contributed by atoms with Crippen LogP contribution in [0.1, 0.15) is 51.5 Å². The Kier molecular flexibility index (Phi) is 6.29. The summed E-state index contributed by atoms with van der Waals surface area (Å²) < 4.78 is 32.6. The summed E-state index contributed by atoms with van der Waals surface area (Å²) in [7, 11) is 0. The van der Waals surface area contributed by atoms with Crippen molar-refractivity contribution in [2.24, 2.45) is 0 Å². The molecule has 0 radical (unpaired) electrons. The molecule has 0 spiro atoms. The summed E-state index contributed by atoms with van der Waals surface area (Å²) in [5.74, 6) is -1.89. The van der Waals surface area contributed by atoms with Gasteiger partial charge in [-0.15, -0.1) is 0 Å². The van der Waals surface area contributed by atoms with E-state index in [1.807, 2.05) is 6.92 Å². The van der Waals surface area contributed by atoms with Gasteiger partial charge in [0.15, 0.2) is 0 Å². The molecule has 24 heavy (non-hydrogen) atoms. The first kappa shape index (κ1) is 18.8. The van der Waals surface area contributed by atoms with E-state index in [0.717, 1.165) is 31.7 Å². The molecule has 1 aliphatic carbocycles. The number of ether oxygens (including phenoxy) is 1. The maximum absolute atomic E-state index is 13.8. The highest BCUT2D eigenvalue weighted by Crippen LogP contribution is 2.25. The first-order valence-electron chi connectivity index (χ1n) is 8.44. The van der Waals surface area contributed by atoms with Crippen LogP contribution in [0, 0.1) is 11.6 Å². The van der Waals surface area contributed by atoms with Gasteiger partial charge in [0.2, 0.25) is 5.91 Å². The predicted octanol–water partition coefficient (Wildman–Crippen LogP) is 3.03. The number of halogens is 2. The molecule has 2 N–H and O–H groups in total. The maximum Gasteiger partial charge on any atom is 0.249 e. The van der Waals surface area contributed by atoms with Crippen LogP contribution in [0.3, 0.4) is 0 Å². The second-order valence-corrected chi connectivity index (χ2v) is 6.56. The van der Waals surface area contributed by atoms with Crippen LogP contribution in [0.4, 0.5) is 8.78 Å². The number of hydrogen-bond acceptors (Lipinski definition) is 3. The normalized spacial score (nSPS) is 19.0. The van der Waals surface area contributed by atoms with Crippen LogP contribution in [0.2, 0.25) is 0 Å². The zero-order valence-corrected chi connectivity index (χ0v) is 14.1. The van der Waals surface area contributed by atoms with Crippen LogP contribution < -0.4 is 5.32 Å². The van der Waals surface area contributed by atoms with Crippen LogP contribution in [0.5, 0.6) is 0 Å². The smallest absolute Gasteiger partial charge is 0.249 e. The Balaban J connectivity index is 1.95. The van der Waals surface area contributed by atoms with E-state index in [1.165, 1.54) is 13.0 Å². The number of carbonyl (C=O) groups is 1. The number of aliphatic hydroxyl groups is 1. The minimum Gasteiger partial charge on any atom is -0.383 e. The summed E-state index contributed by atoms with van der Waals surface area (Å²) >= 11 is 0. The second-order valence-electron chi connectivity index (χ2n) is 6.56. The topological polar surface area (TPSA) is 58.6 Å². The van der Waals surface area contributed by atoms with Gasteiger partial charge in [-0.05, 0) is 32.3 Å². The molecule has 0 heterocycles. The molecule has 2 unspecified atom stereocenters. The van der Waals surface area contributed by atoms with Crippen molar-refractivity contribution in [1.82, 2.24) is 5.32 Å². The highest BCUT2D eigenvalue weighted by molar-refractivity contribution is 5.80. The summed E-state index contributed by atoms with van der Waals surface area (Å²) in [5, 5.41) is 13.0. The molecule has 1 aromatic carbocycles. The molecule has 1 aliphatic rings. The van der Waals surface area contributed by atoms with Gasteiger partial charge >= 0.3 is 0 Å². The largest absolute Gasteiger partial charge is 0.383 e. The number of amides is 1. The lowest BCUT2D eigenvalue weighted by Crippen LogP contribution is -2.44. The van der Waals surface area contributed by atoms with Gasteiger partial charge in [-0.25, -0.2) is 8.78 Å². The molecule has 1 saturated carbocycles. The second kappa shape index (κ2) is 8.03. The molecular weight excluding hydrogens is 316 g/mol. The molecule has 1 fully saturated rings. The minimum absolute atomic E-state index is 0.0611. The van der Waals surface area contributed by atoms with Crippen molar-refractivity contribution < 1.29 is 23.4 Å². The first-order chi connectivity index (χ1) is 11.3. The van der Waals surface area contributed by atoms with E-state index < -0.39 is 23.3 Å². The van der Waals surface area contributed by atoms with Gasteiger partial charge in [0.1, 0.15) is 23.3 Å². The van der Waals surface area contributed by atoms with Gasteiger partial charge in [0, 0.05) is 11.6 Å². The Morgan fingerprint density at radius 1 is 1.42 bits per heavy atom. The zero-order chi connectivity index (χ0) is 17.7. The lowest BCUT2D eigenvalue weighted by Gasteiger charge is -2.26. The van der Waals surface area contributed by atoms with E-state index in [-0.39, 0.29) is 24.1 Å². The van der Waals surface area contributed by atoms with Crippen molar-refractivity contribution in [3.63, 3.8) is 0 Å². The van der Waals surface area contributed by atoms with Crippen LogP contribution in [0.25, 0.3) is 0 Å². The molecular formula is C18H25F2NO3. The Morgan fingerprint density at radius 3 is 2.67 bits per heavy atom. The third-order valence-electron chi connectivity index (χ3n) is 4.44. The summed E-state index contributed by atoms with van der Waals surface area (Å²) in [6.45, 7) is 3.05. The fourth-order valence-electron chi connectivity index (χ4n) is 2.99. The van der Waals surface area contributed by atoms with Gasteiger partial charge in [-0.1, -0.05) is 25.8 Å². The summed E-state index contributed by atoms with van der Waals surface area (Å²) in [4.78, 5) is 12.3. The Morgan fingerprint density at radius 2 is 2.08 bits per heavy atom. The van der Waals surface area contributed by atoms with E-state index in [4.69, 9.17) is 4.74 Å². The average molecular weight is 341 g/mol. The highest BCUT2D eigenvalue weighted by Gasteiger charge is 2.30. The lowest BCUT2D eigenvalue weighted by atomic mass is 9.95. The summed E-state index contributed by atoms with van der Waals surface area (Å²) in [6.07, 6.45) is 4.19. The van der Waals surface area contributed by atoms with Crippen LogP contribution in [-0.2, 0) is 15.1 Å². The van der Waals surface area contributed by atoms with Crippen molar-refractivity contribution in [3.05, 3.63) is 35.4 Å². The molecule has 4 nitrogen and oxygen atoms in total. The molecule has 0 saturated heterocycles. The maximum atomic E-state index is 13.8. The number of nitrogens with one attached hydrogen (secondary N) is 1. The Hall–Kier alpha value is -1.53. The Bertz CT molecular complexity index is 571. The van der Waals surface area contributed by atoms with Crippen molar-refractivity contribution in [1.29, 1.82) is 0 Å². The third-order valence-corrected chi connectivity index (χ3v) is 4.44. The fourth-order valence-corrected chi connectivity index (χ4v) is 2.99. The van der Waals surface area contributed by atoms with Gasteiger partial charge in [0.25, 0.3) is 0 Å². The molecule has 2 atom stereocenters. The quantitative estimate of drug-likeness (QED) is 0.801. The molecule has 6 heteroatoms. The molecule has 0 aliphatic heterocycles.